The Balaban J connectivity index is 2.03. The maximum atomic E-state index is 12.7. The lowest BCUT2D eigenvalue weighted by atomic mass is 10.2. The largest absolute Gasteiger partial charge is 0.491 e. The SMILES string of the molecule is Cc1ccc(OCC(C)NC(=O)C(C)N(c2ccc(C)cc2)S(C)(=O)=O)cc1. The van der Waals surface area contributed by atoms with E-state index in [1.807, 2.05) is 57.2 Å². The number of anilines is 1. The van der Waals surface area contributed by atoms with E-state index in [9.17, 15) is 13.2 Å². The van der Waals surface area contributed by atoms with Crippen LogP contribution >= 0.6 is 0 Å². The van der Waals surface area contributed by atoms with Crippen molar-refractivity contribution in [2.24, 2.45) is 0 Å². The molecule has 2 aromatic carbocycles. The number of rotatable bonds is 8. The molecule has 0 aliphatic heterocycles. The zero-order valence-corrected chi connectivity index (χ0v) is 17.8. The summed E-state index contributed by atoms with van der Waals surface area (Å²) in [5.41, 5.74) is 2.61. The predicted molar refractivity (Wildman–Crippen MR) is 112 cm³/mol. The van der Waals surface area contributed by atoms with E-state index < -0.39 is 16.1 Å². The molecule has 7 heteroatoms. The Morgan fingerprint density at radius 1 is 1.00 bits per heavy atom. The van der Waals surface area contributed by atoms with Gasteiger partial charge in [-0.3, -0.25) is 9.10 Å². The van der Waals surface area contributed by atoms with E-state index in [4.69, 9.17) is 4.74 Å². The molecule has 1 amide bonds. The molecule has 2 rings (SSSR count). The highest BCUT2D eigenvalue weighted by Gasteiger charge is 2.29. The van der Waals surface area contributed by atoms with E-state index in [2.05, 4.69) is 5.32 Å². The van der Waals surface area contributed by atoms with Crippen molar-refractivity contribution in [3.63, 3.8) is 0 Å². The summed E-state index contributed by atoms with van der Waals surface area (Å²) in [6.45, 7) is 7.58. The first kappa shape index (κ1) is 21.8. The average Bonchev–Trinajstić information content (AvgIpc) is 2.62. The maximum Gasteiger partial charge on any atom is 0.243 e. The normalized spacial score (nSPS) is 13.5. The summed E-state index contributed by atoms with van der Waals surface area (Å²) < 4.78 is 31.4. The van der Waals surface area contributed by atoms with Gasteiger partial charge in [0.05, 0.1) is 18.0 Å². The Kier molecular flexibility index (Phi) is 7.07. The van der Waals surface area contributed by atoms with E-state index in [-0.39, 0.29) is 18.6 Å². The summed E-state index contributed by atoms with van der Waals surface area (Å²) in [4.78, 5) is 12.7. The number of ether oxygens (including phenoxy) is 1. The predicted octanol–water partition coefficient (Wildman–Crippen LogP) is 3.04. The van der Waals surface area contributed by atoms with E-state index in [0.717, 1.165) is 27.4 Å². The molecule has 0 heterocycles. The topological polar surface area (TPSA) is 75.7 Å². The van der Waals surface area contributed by atoms with Gasteiger partial charge in [-0.15, -0.1) is 0 Å². The summed E-state index contributed by atoms with van der Waals surface area (Å²) in [6.07, 6.45) is 1.10. The molecule has 0 bridgehead atoms. The zero-order chi connectivity index (χ0) is 20.9. The first-order chi connectivity index (χ1) is 13.1. The van der Waals surface area contributed by atoms with Crippen LogP contribution in [0.15, 0.2) is 48.5 Å². The van der Waals surface area contributed by atoms with Gasteiger partial charge in [-0.1, -0.05) is 35.4 Å². The quantitative estimate of drug-likeness (QED) is 0.734. The van der Waals surface area contributed by atoms with Crippen LogP contribution in [0, 0.1) is 13.8 Å². The molecule has 0 aromatic heterocycles. The fourth-order valence-electron chi connectivity index (χ4n) is 2.76. The Bertz CT molecular complexity index is 893. The van der Waals surface area contributed by atoms with Gasteiger partial charge in [0.1, 0.15) is 18.4 Å². The van der Waals surface area contributed by atoms with Crippen LogP contribution in [-0.2, 0) is 14.8 Å². The maximum absolute atomic E-state index is 12.7. The van der Waals surface area contributed by atoms with Gasteiger partial charge >= 0.3 is 0 Å². The average molecular weight is 405 g/mol. The van der Waals surface area contributed by atoms with Crippen LogP contribution in [0.3, 0.4) is 0 Å². The number of amides is 1. The second-order valence-electron chi connectivity index (χ2n) is 7.10. The van der Waals surface area contributed by atoms with Crippen LogP contribution in [0.5, 0.6) is 5.75 Å². The van der Waals surface area contributed by atoms with Crippen LogP contribution in [0.1, 0.15) is 25.0 Å². The minimum Gasteiger partial charge on any atom is -0.491 e. The van der Waals surface area contributed by atoms with Gasteiger partial charge in [0.2, 0.25) is 15.9 Å². The molecule has 0 spiro atoms. The number of sulfonamides is 1. The highest BCUT2D eigenvalue weighted by Crippen LogP contribution is 2.21. The van der Waals surface area contributed by atoms with Crippen molar-refractivity contribution >= 4 is 21.6 Å². The zero-order valence-electron chi connectivity index (χ0n) is 17.0. The van der Waals surface area contributed by atoms with Gasteiger partial charge in [-0.25, -0.2) is 8.42 Å². The van der Waals surface area contributed by atoms with Crippen LogP contribution in [0.25, 0.3) is 0 Å². The van der Waals surface area contributed by atoms with Crippen molar-refractivity contribution in [3.8, 4) is 5.75 Å². The molecule has 1 N–H and O–H groups in total. The third-order valence-electron chi connectivity index (χ3n) is 4.29. The summed E-state index contributed by atoms with van der Waals surface area (Å²) in [6, 6.07) is 13.5. The van der Waals surface area contributed by atoms with Crippen molar-refractivity contribution in [3.05, 3.63) is 59.7 Å². The van der Waals surface area contributed by atoms with Gasteiger partial charge in [-0.2, -0.15) is 0 Å². The molecular weight excluding hydrogens is 376 g/mol. The van der Waals surface area contributed by atoms with E-state index in [1.165, 1.54) is 0 Å². The summed E-state index contributed by atoms with van der Waals surface area (Å²) in [5, 5.41) is 2.82. The molecule has 2 atom stereocenters. The molecule has 0 saturated heterocycles. The Hall–Kier alpha value is -2.54. The lowest BCUT2D eigenvalue weighted by Gasteiger charge is -2.29. The Morgan fingerprint density at radius 2 is 1.50 bits per heavy atom. The van der Waals surface area contributed by atoms with Crippen molar-refractivity contribution < 1.29 is 17.9 Å². The van der Waals surface area contributed by atoms with Crippen LogP contribution in [0.2, 0.25) is 0 Å². The molecule has 0 aliphatic rings. The molecular formula is C21H28N2O4S. The van der Waals surface area contributed by atoms with E-state index >= 15 is 0 Å². The monoisotopic (exact) mass is 404 g/mol. The lowest BCUT2D eigenvalue weighted by Crippen LogP contribution is -2.50. The summed E-state index contributed by atoms with van der Waals surface area (Å²) in [7, 11) is -3.63. The first-order valence-corrected chi connectivity index (χ1v) is 11.0. The highest BCUT2D eigenvalue weighted by molar-refractivity contribution is 7.92. The van der Waals surface area contributed by atoms with Crippen LogP contribution in [0.4, 0.5) is 5.69 Å². The number of hydrogen-bond acceptors (Lipinski definition) is 4. The number of aryl methyl sites for hydroxylation is 2. The van der Waals surface area contributed by atoms with Gasteiger partial charge in [0.15, 0.2) is 0 Å². The van der Waals surface area contributed by atoms with Crippen molar-refractivity contribution in [1.82, 2.24) is 5.32 Å². The van der Waals surface area contributed by atoms with Gasteiger partial charge in [0.25, 0.3) is 0 Å². The van der Waals surface area contributed by atoms with Gasteiger partial charge < -0.3 is 10.1 Å². The molecule has 2 unspecified atom stereocenters. The Morgan fingerprint density at radius 3 is 2.00 bits per heavy atom. The molecule has 0 aliphatic carbocycles. The molecule has 152 valence electrons. The third kappa shape index (κ3) is 5.99. The summed E-state index contributed by atoms with van der Waals surface area (Å²) >= 11 is 0. The second kappa shape index (κ2) is 9.10. The van der Waals surface area contributed by atoms with Gasteiger partial charge in [0, 0.05) is 0 Å². The number of nitrogens with zero attached hydrogens (tertiary/aromatic N) is 1. The van der Waals surface area contributed by atoms with Gasteiger partial charge in [-0.05, 0) is 52.0 Å². The van der Waals surface area contributed by atoms with Crippen LogP contribution < -0.4 is 14.4 Å². The molecule has 28 heavy (non-hydrogen) atoms. The van der Waals surface area contributed by atoms with Crippen molar-refractivity contribution in [2.75, 3.05) is 17.2 Å². The third-order valence-corrected chi connectivity index (χ3v) is 5.53. The minimum atomic E-state index is -3.63. The van der Waals surface area contributed by atoms with Crippen LogP contribution in [-0.4, -0.2) is 39.3 Å². The Labute approximate surface area is 167 Å². The number of nitrogens with one attached hydrogen (secondary N) is 1. The molecule has 0 saturated carbocycles. The fraction of sp³-hybridized carbons (Fsp3) is 0.381. The highest BCUT2D eigenvalue weighted by atomic mass is 32.2. The van der Waals surface area contributed by atoms with E-state index in [1.54, 1.807) is 19.1 Å². The molecule has 0 fully saturated rings. The fourth-order valence-corrected chi connectivity index (χ4v) is 3.94. The minimum absolute atomic E-state index is 0.282. The van der Waals surface area contributed by atoms with Crippen molar-refractivity contribution in [2.45, 2.75) is 39.8 Å². The first-order valence-electron chi connectivity index (χ1n) is 9.14. The standard InChI is InChI=1S/C21H28N2O4S/c1-15-6-10-19(11-7-15)23(28(5,25)26)18(4)21(24)22-17(3)14-27-20-12-8-16(2)9-13-20/h6-13,17-18H,14H2,1-5H3,(H,22,24). The molecule has 2 aromatic rings. The number of carbonyl (C=O) groups excluding carboxylic acids is 1. The number of hydrogen-bond donors (Lipinski definition) is 1. The van der Waals surface area contributed by atoms with Crippen molar-refractivity contribution in [1.29, 1.82) is 0 Å². The number of benzene rings is 2. The lowest BCUT2D eigenvalue weighted by molar-refractivity contribution is -0.122. The van der Waals surface area contributed by atoms with E-state index in [0.29, 0.717) is 5.69 Å². The number of carbonyl (C=O) groups is 1. The smallest absolute Gasteiger partial charge is 0.243 e. The molecule has 6 nitrogen and oxygen atoms in total. The molecule has 0 radical (unpaired) electrons. The second-order valence-corrected chi connectivity index (χ2v) is 8.96. The summed E-state index contributed by atoms with van der Waals surface area (Å²) in [5.74, 6) is 0.336.